The number of hydrogen-bond donors (Lipinski definition) is 3. The fraction of sp³-hybridized carbons (Fsp3) is 0.250. The van der Waals surface area contributed by atoms with Crippen LogP contribution in [0.3, 0.4) is 0 Å². The maximum Gasteiger partial charge on any atom is 0.408 e. The smallest absolute Gasteiger partial charge is 0.408 e. The highest BCUT2D eigenvalue weighted by atomic mass is 16.6. The molecule has 0 aliphatic heterocycles. The van der Waals surface area contributed by atoms with E-state index in [1.165, 1.54) is 0 Å². The number of alkyl carbamates (subject to hydrolysis) is 1. The van der Waals surface area contributed by atoms with E-state index in [-0.39, 0.29) is 0 Å². The van der Waals surface area contributed by atoms with E-state index in [9.17, 15) is 14.4 Å². The molecule has 1 unspecified atom stereocenters. The molecule has 1 atom stereocenters. The number of benzene rings is 2. The lowest BCUT2D eigenvalue weighted by Gasteiger charge is -2.26. The van der Waals surface area contributed by atoms with Gasteiger partial charge in [-0.3, -0.25) is 4.79 Å². The van der Waals surface area contributed by atoms with Crippen LogP contribution in [0.2, 0.25) is 0 Å². The van der Waals surface area contributed by atoms with Gasteiger partial charge in [0.1, 0.15) is 11.6 Å². The summed E-state index contributed by atoms with van der Waals surface area (Å²) in [5.74, 6) is -2.20. The van der Waals surface area contributed by atoms with Crippen LogP contribution in [0, 0.1) is 0 Å². The van der Waals surface area contributed by atoms with Crippen molar-refractivity contribution in [3.05, 3.63) is 60.2 Å². The van der Waals surface area contributed by atoms with Gasteiger partial charge in [-0.15, -0.1) is 0 Å². The zero-order valence-corrected chi connectivity index (χ0v) is 15.1. The molecule has 2 rings (SSSR count). The Morgan fingerprint density at radius 2 is 1.59 bits per heavy atom. The number of carbonyl (C=O) groups is 3. The number of carboxylic acid groups (broad SMARTS) is 1. The summed E-state index contributed by atoms with van der Waals surface area (Å²) in [5, 5.41) is 11.2. The Hall–Kier alpha value is -3.35. The fourth-order valence-electron chi connectivity index (χ4n) is 2.56. The quantitative estimate of drug-likeness (QED) is 0.692. The van der Waals surface area contributed by atoms with E-state index < -0.39 is 36.0 Å². The van der Waals surface area contributed by atoms with Crippen LogP contribution in [-0.4, -0.2) is 29.1 Å². The summed E-state index contributed by atoms with van der Waals surface area (Å²) >= 11 is 0. The largest absolute Gasteiger partial charge is 0.480 e. The van der Waals surface area contributed by atoms with Crippen LogP contribution in [0.5, 0.6) is 0 Å². The van der Waals surface area contributed by atoms with Crippen LogP contribution in [0.1, 0.15) is 25.8 Å². The van der Waals surface area contributed by atoms with Crippen molar-refractivity contribution in [1.82, 2.24) is 5.32 Å². The minimum atomic E-state index is -1.44. The molecule has 2 aromatic carbocycles. The van der Waals surface area contributed by atoms with Crippen LogP contribution in [-0.2, 0) is 19.9 Å². The second-order valence-corrected chi connectivity index (χ2v) is 6.55. The molecule has 0 aliphatic rings. The normalized spacial score (nSPS) is 12.1. The Morgan fingerprint density at radius 3 is 2.11 bits per heavy atom. The molecule has 0 saturated carbocycles. The van der Waals surface area contributed by atoms with Crippen molar-refractivity contribution in [3.8, 4) is 11.1 Å². The molecule has 7 nitrogen and oxygen atoms in total. The van der Waals surface area contributed by atoms with Crippen molar-refractivity contribution in [2.45, 2.75) is 31.9 Å². The average molecular weight is 370 g/mol. The molecule has 0 spiro atoms. The number of carboxylic acids is 1. The van der Waals surface area contributed by atoms with Crippen molar-refractivity contribution in [1.29, 1.82) is 0 Å². The highest BCUT2D eigenvalue weighted by Gasteiger charge is 2.29. The zero-order chi connectivity index (χ0) is 20.0. The van der Waals surface area contributed by atoms with E-state index in [4.69, 9.17) is 15.6 Å². The number of carbonyl (C=O) groups excluding carboxylic acids is 2. The standard InChI is InChI=1S/C20H22N2O5/c1-20(2,27-19(26)22-16(18(24)25)12-17(21)23)15-10-8-14(9-11-15)13-6-4-3-5-7-13/h3-11,16H,12H2,1-2H3,(H2,21,23)(H,22,26)(H,24,25). The predicted octanol–water partition coefficient (Wildman–Crippen LogP) is 2.64. The Morgan fingerprint density at radius 1 is 1.04 bits per heavy atom. The maximum absolute atomic E-state index is 12.1. The molecule has 142 valence electrons. The Balaban J connectivity index is 2.07. The number of rotatable bonds is 7. The van der Waals surface area contributed by atoms with Gasteiger partial charge in [-0.25, -0.2) is 9.59 Å². The third-order valence-corrected chi connectivity index (χ3v) is 4.03. The summed E-state index contributed by atoms with van der Waals surface area (Å²) in [7, 11) is 0. The summed E-state index contributed by atoms with van der Waals surface area (Å²) in [6.45, 7) is 3.38. The molecule has 7 heteroatoms. The first-order valence-electron chi connectivity index (χ1n) is 8.35. The van der Waals surface area contributed by atoms with Crippen molar-refractivity contribution in [2.75, 3.05) is 0 Å². The molecule has 2 amide bonds. The van der Waals surface area contributed by atoms with Gasteiger partial charge in [0, 0.05) is 0 Å². The molecule has 0 aliphatic carbocycles. The highest BCUT2D eigenvalue weighted by Crippen LogP contribution is 2.27. The Kier molecular flexibility index (Phi) is 6.18. The van der Waals surface area contributed by atoms with Crippen molar-refractivity contribution < 1.29 is 24.2 Å². The van der Waals surface area contributed by atoms with Crippen molar-refractivity contribution >= 4 is 18.0 Å². The van der Waals surface area contributed by atoms with Gasteiger partial charge in [-0.05, 0) is 30.5 Å². The van der Waals surface area contributed by atoms with Crippen molar-refractivity contribution in [3.63, 3.8) is 0 Å². The van der Waals surface area contributed by atoms with Crippen LogP contribution in [0.25, 0.3) is 11.1 Å². The summed E-state index contributed by atoms with van der Waals surface area (Å²) in [4.78, 5) is 34.1. The average Bonchev–Trinajstić information content (AvgIpc) is 2.61. The number of hydrogen-bond acceptors (Lipinski definition) is 4. The van der Waals surface area contributed by atoms with E-state index in [2.05, 4.69) is 5.32 Å². The topological polar surface area (TPSA) is 119 Å². The first-order valence-corrected chi connectivity index (χ1v) is 8.35. The lowest BCUT2D eigenvalue weighted by atomic mass is 9.95. The number of nitrogens with two attached hydrogens (primary N) is 1. The maximum atomic E-state index is 12.1. The van der Waals surface area contributed by atoms with Gasteiger partial charge in [0.15, 0.2) is 0 Å². The summed E-state index contributed by atoms with van der Waals surface area (Å²) in [6.07, 6.45) is -1.46. The second-order valence-electron chi connectivity index (χ2n) is 6.55. The van der Waals surface area contributed by atoms with Crippen LogP contribution in [0.15, 0.2) is 54.6 Å². The minimum Gasteiger partial charge on any atom is -0.480 e. The SMILES string of the molecule is CC(C)(OC(=O)NC(CC(N)=O)C(=O)O)c1ccc(-c2ccccc2)cc1. The Labute approximate surface area is 157 Å². The van der Waals surface area contributed by atoms with E-state index in [1.54, 1.807) is 13.8 Å². The van der Waals surface area contributed by atoms with Gasteiger partial charge in [0.2, 0.25) is 5.91 Å². The summed E-state index contributed by atoms with van der Waals surface area (Å²) < 4.78 is 5.37. The molecule has 0 fully saturated rings. The number of ether oxygens (including phenoxy) is 1. The minimum absolute atomic E-state index is 0.517. The molecular formula is C20H22N2O5. The first kappa shape index (κ1) is 20.0. The van der Waals surface area contributed by atoms with E-state index in [0.717, 1.165) is 16.7 Å². The molecule has 2 aromatic rings. The molecule has 27 heavy (non-hydrogen) atoms. The summed E-state index contributed by atoms with van der Waals surface area (Å²) in [5.41, 5.74) is 6.81. The first-order chi connectivity index (χ1) is 12.7. The lowest BCUT2D eigenvalue weighted by molar-refractivity contribution is -0.141. The van der Waals surface area contributed by atoms with E-state index in [0.29, 0.717) is 0 Å². The van der Waals surface area contributed by atoms with E-state index >= 15 is 0 Å². The Bertz CT molecular complexity index is 816. The van der Waals surface area contributed by atoms with Crippen molar-refractivity contribution in [2.24, 2.45) is 5.73 Å². The van der Waals surface area contributed by atoms with Gasteiger partial charge in [-0.2, -0.15) is 0 Å². The van der Waals surface area contributed by atoms with Gasteiger partial charge in [-0.1, -0.05) is 54.6 Å². The van der Waals surface area contributed by atoms with Gasteiger partial charge >= 0.3 is 12.1 Å². The number of nitrogens with one attached hydrogen (secondary N) is 1. The molecule has 0 radical (unpaired) electrons. The summed E-state index contributed by atoms with van der Waals surface area (Å²) in [6, 6.07) is 15.9. The van der Waals surface area contributed by atoms with Crippen LogP contribution >= 0.6 is 0 Å². The third kappa shape index (κ3) is 5.57. The third-order valence-electron chi connectivity index (χ3n) is 4.03. The lowest BCUT2D eigenvalue weighted by Crippen LogP contribution is -2.45. The number of aliphatic carboxylic acids is 1. The van der Waals surface area contributed by atoms with Crippen LogP contribution < -0.4 is 11.1 Å². The zero-order valence-electron chi connectivity index (χ0n) is 15.1. The van der Waals surface area contributed by atoms with Crippen LogP contribution in [0.4, 0.5) is 4.79 Å². The second kappa shape index (κ2) is 8.35. The molecule has 4 N–H and O–H groups in total. The molecule has 0 bridgehead atoms. The number of primary amides is 1. The fourth-order valence-corrected chi connectivity index (χ4v) is 2.56. The van der Waals surface area contributed by atoms with E-state index in [1.807, 2.05) is 54.6 Å². The molecule has 0 saturated heterocycles. The van der Waals surface area contributed by atoms with Gasteiger partial charge in [0.25, 0.3) is 0 Å². The van der Waals surface area contributed by atoms with Gasteiger partial charge in [0.05, 0.1) is 6.42 Å². The molecule has 0 heterocycles. The monoisotopic (exact) mass is 370 g/mol. The van der Waals surface area contributed by atoms with Gasteiger partial charge < -0.3 is 20.9 Å². The number of amides is 2. The molecular weight excluding hydrogens is 348 g/mol. The highest BCUT2D eigenvalue weighted by molar-refractivity contribution is 5.86. The predicted molar refractivity (Wildman–Crippen MR) is 99.8 cm³/mol. The molecule has 0 aromatic heterocycles.